The minimum absolute atomic E-state index is 0.186. The van der Waals surface area contributed by atoms with Gasteiger partial charge < -0.3 is 19.8 Å². The molecule has 0 bridgehead atoms. The lowest BCUT2D eigenvalue weighted by molar-refractivity contribution is 0.0950. The zero-order valence-corrected chi connectivity index (χ0v) is 15.3. The number of rotatable bonds is 7. The van der Waals surface area contributed by atoms with E-state index in [1.165, 1.54) is 17.7 Å². The van der Waals surface area contributed by atoms with Crippen molar-refractivity contribution in [1.82, 2.24) is 15.3 Å². The zero-order chi connectivity index (χ0) is 18.5. The van der Waals surface area contributed by atoms with Gasteiger partial charge in [-0.25, -0.2) is 4.98 Å². The number of ether oxygens (including phenoxy) is 2. The highest BCUT2D eigenvalue weighted by atomic mass is 32.1. The van der Waals surface area contributed by atoms with Crippen molar-refractivity contribution >= 4 is 27.5 Å². The van der Waals surface area contributed by atoms with Crippen LogP contribution in [0.4, 0.5) is 0 Å². The number of hydrogen-bond acceptors (Lipinski definition) is 6. The van der Waals surface area contributed by atoms with Crippen molar-refractivity contribution in [2.45, 2.75) is 20.4 Å². The van der Waals surface area contributed by atoms with Crippen LogP contribution in [-0.4, -0.2) is 29.1 Å². The summed E-state index contributed by atoms with van der Waals surface area (Å²) in [4.78, 5) is 32.4. The average molecular weight is 373 g/mol. The van der Waals surface area contributed by atoms with Gasteiger partial charge in [0.2, 0.25) is 0 Å². The predicted octanol–water partition coefficient (Wildman–Crippen LogP) is 2.71. The Morgan fingerprint density at radius 2 is 1.85 bits per heavy atom. The summed E-state index contributed by atoms with van der Waals surface area (Å²) in [7, 11) is 0. The summed E-state index contributed by atoms with van der Waals surface area (Å²) in [5.74, 6) is 0.925. The number of aromatic amines is 1. The number of thiophene rings is 1. The Bertz CT molecular complexity index is 956. The number of carbonyl (C=O) groups excluding carboxylic acids is 1. The van der Waals surface area contributed by atoms with E-state index in [0.29, 0.717) is 47.0 Å². The molecule has 2 aromatic heterocycles. The third-order valence-electron chi connectivity index (χ3n) is 3.57. The van der Waals surface area contributed by atoms with Crippen LogP contribution in [0.2, 0.25) is 0 Å². The summed E-state index contributed by atoms with van der Waals surface area (Å²) in [6.45, 7) is 5.07. The van der Waals surface area contributed by atoms with E-state index in [4.69, 9.17) is 9.47 Å². The van der Waals surface area contributed by atoms with Gasteiger partial charge in [0.25, 0.3) is 11.5 Å². The molecule has 8 heteroatoms. The van der Waals surface area contributed by atoms with Crippen LogP contribution < -0.4 is 20.3 Å². The van der Waals surface area contributed by atoms with Crippen LogP contribution >= 0.6 is 11.3 Å². The van der Waals surface area contributed by atoms with E-state index in [1.54, 1.807) is 24.3 Å². The molecule has 26 heavy (non-hydrogen) atoms. The molecule has 0 spiro atoms. The van der Waals surface area contributed by atoms with Gasteiger partial charge in [-0.15, -0.1) is 11.3 Å². The van der Waals surface area contributed by atoms with Gasteiger partial charge in [0, 0.05) is 16.5 Å². The molecule has 136 valence electrons. The number of aromatic nitrogens is 2. The van der Waals surface area contributed by atoms with Crippen molar-refractivity contribution in [3.05, 3.63) is 51.4 Å². The number of nitrogens with one attached hydrogen (secondary N) is 2. The number of H-pyrrole nitrogens is 1. The highest BCUT2D eigenvalue weighted by molar-refractivity contribution is 7.18. The summed E-state index contributed by atoms with van der Waals surface area (Å²) < 4.78 is 11.0. The molecule has 2 N–H and O–H groups in total. The van der Waals surface area contributed by atoms with Gasteiger partial charge in [0.1, 0.15) is 16.3 Å². The summed E-state index contributed by atoms with van der Waals surface area (Å²) >= 11 is 1.38. The minimum atomic E-state index is -0.244. The maximum atomic E-state index is 12.5. The number of benzene rings is 1. The lowest BCUT2D eigenvalue weighted by atomic mass is 10.2. The first-order valence-corrected chi connectivity index (χ1v) is 9.07. The molecule has 0 atom stereocenters. The highest BCUT2D eigenvalue weighted by Gasteiger charge is 2.12. The third-order valence-corrected chi connectivity index (χ3v) is 4.62. The summed E-state index contributed by atoms with van der Waals surface area (Å²) in [5.41, 5.74) is 0.270. The van der Waals surface area contributed by atoms with Gasteiger partial charge in [-0.3, -0.25) is 9.59 Å². The van der Waals surface area contributed by atoms with E-state index in [-0.39, 0.29) is 11.5 Å². The molecule has 0 aliphatic heterocycles. The molecular formula is C18H19N3O4S. The van der Waals surface area contributed by atoms with E-state index in [2.05, 4.69) is 15.3 Å². The van der Waals surface area contributed by atoms with Crippen LogP contribution in [0.1, 0.15) is 29.1 Å². The standard InChI is InChI=1S/C18H19N3O4S/c1-3-24-12-5-11(6-13(7-12)25-4-2)16(22)19-9-14-8-15-17(23)20-10-21-18(15)26-14/h5-8,10H,3-4,9H2,1-2H3,(H,19,22)(H,20,21,23). The molecule has 0 aliphatic rings. The second kappa shape index (κ2) is 8.01. The van der Waals surface area contributed by atoms with Gasteiger partial charge in [0.15, 0.2) is 0 Å². The van der Waals surface area contributed by atoms with E-state index < -0.39 is 0 Å². The van der Waals surface area contributed by atoms with E-state index >= 15 is 0 Å². The molecule has 0 saturated heterocycles. The molecule has 0 unspecified atom stereocenters. The topological polar surface area (TPSA) is 93.3 Å². The molecule has 7 nitrogen and oxygen atoms in total. The third kappa shape index (κ3) is 4.02. The quantitative estimate of drug-likeness (QED) is 0.664. The number of fused-ring (bicyclic) bond motifs is 1. The van der Waals surface area contributed by atoms with Crippen molar-refractivity contribution in [3.8, 4) is 11.5 Å². The fourth-order valence-corrected chi connectivity index (χ4v) is 3.41. The fraction of sp³-hybridized carbons (Fsp3) is 0.278. The summed E-state index contributed by atoms with van der Waals surface area (Å²) in [5, 5.41) is 3.38. The molecule has 3 aromatic rings. The number of hydrogen-bond donors (Lipinski definition) is 2. The zero-order valence-electron chi connectivity index (χ0n) is 14.5. The SMILES string of the molecule is CCOc1cc(OCC)cc(C(=O)NCc2cc3c(=O)[nH]cnc3s2)c1. The molecule has 0 radical (unpaired) electrons. The van der Waals surface area contributed by atoms with Crippen molar-refractivity contribution in [2.75, 3.05) is 13.2 Å². The second-order valence-corrected chi connectivity index (χ2v) is 6.52. The van der Waals surface area contributed by atoms with Crippen molar-refractivity contribution in [1.29, 1.82) is 0 Å². The van der Waals surface area contributed by atoms with Crippen LogP contribution in [0, 0.1) is 0 Å². The maximum absolute atomic E-state index is 12.5. The van der Waals surface area contributed by atoms with Crippen LogP contribution in [0.5, 0.6) is 11.5 Å². The first-order valence-electron chi connectivity index (χ1n) is 8.25. The highest BCUT2D eigenvalue weighted by Crippen LogP contribution is 2.24. The summed E-state index contributed by atoms with van der Waals surface area (Å²) in [6, 6.07) is 6.86. The Hall–Kier alpha value is -2.87. The number of nitrogens with zero attached hydrogens (tertiary/aromatic N) is 1. The Kier molecular flexibility index (Phi) is 5.52. The molecule has 0 aliphatic carbocycles. The van der Waals surface area contributed by atoms with Gasteiger partial charge in [-0.1, -0.05) is 0 Å². The molecule has 0 fully saturated rings. The van der Waals surface area contributed by atoms with Gasteiger partial charge in [-0.2, -0.15) is 0 Å². The van der Waals surface area contributed by atoms with Crippen LogP contribution in [-0.2, 0) is 6.54 Å². The van der Waals surface area contributed by atoms with E-state index in [9.17, 15) is 9.59 Å². The Morgan fingerprint density at radius 1 is 1.15 bits per heavy atom. The lowest BCUT2D eigenvalue weighted by Crippen LogP contribution is -2.22. The first kappa shape index (κ1) is 17.9. The van der Waals surface area contributed by atoms with Crippen LogP contribution in [0.25, 0.3) is 10.2 Å². The maximum Gasteiger partial charge on any atom is 0.259 e. The van der Waals surface area contributed by atoms with Gasteiger partial charge in [-0.05, 0) is 32.0 Å². The van der Waals surface area contributed by atoms with Crippen LogP contribution in [0.15, 0.2) is 35.4 Å². The van der Waals surface area contributed by atoms with Crippen molar-refractivity contribution < 1.29 is 14.3 Å². The smallest absolute Gasteiger partial charge is 0.259 e. The predicted molar refractivity (Wildman–Crippen MR) is 100 cm³/mol. The second-order valence-electron chi connectivity index (χ2n) is 5.40. The van der Waals surface area contributed by atoms with Crippen LogP contribution in [0.3, 0.4) is 0 Å². The van der Waals surface area contributed by atoms with Crippen molar-refractivity contribution in [2.24, 2.45) is 0 Å². The number of carbonyl (C=O) groups is 1. The molecular weight excluding hydrogens is 354 g/mol. The summed E-state index contributed by atoms with van der Waals surface area (Å²) in [6.07, 6.45) is 1.37. The first-order chi connectivity index (χ1) is 12.6. The van der Waals surface area contributed by atoms with E-state index in [0.717, 1.165) is 4.88 Å². The Labute approximate surface area is 154 Å². The number of amides is 1. The molecule has 2 heterocycles. The average Bonchev–Trinajstić information content (AvgIpc) is 3.05. The Balaban J connectivity index is 1.76. The molecule has 1 amide bonds. The lowest BCUT2D eigenvalue weighted by Gasteiger charge is -2.11. The largest absolute Gasteiger partial charge is 0.494 e. The Morgan fingerprint density at radius 3 is 2.46 bits per heavy atom. The fourth-order valence-electron chi connectivity index (χ4n) is 2.48. The van der Waals surface area contributed by atoms with Crippen molar-refractivity contribution in [3.63, 3.8) is 0 Å². The van der Waals surface area contributed by atoms with E-state index in [1.807, 2.05) is 13.8 Å². The molecule has 0 saturated carbocycles. The van der Waals surface area contributed by atoms with Gasteiger partial charge in [0.05, 0.1) is 31.5 Å². The molecule has 3 rings (SSSR count). The van der Waals surface area contributed by atoms with Gasteiger partial charge >= 0.3 is 0 Å². The monoisotopic (exact) mass is 373 g/mol. The minimum Gasteiger partial charge on any atom is -0.494 e. The molecule has 1 aromatic carbocycles. The normalized spacial score (nSPS) is 10.7.